The second-order valence-corrected chi connectivity index (χ2v) is 4.49. The van der Waals surface area contributed by atoms with Gasteiger partial charge >= 0.3 is 0 Å². The highest BCUT2D eigenvalue weighted by Gasteiger charge is 2.13. The summed E-state index contributed by atoms with van der Waals surface area (Å²) in [5.41, 5.74) is 2.48. The zero-order valence-electron chi connectivity index (χ0n) is 10.5. The molecule has 0 aliphatic carbocycles. The van der Waals surface area contributed by atoms with Crippen molar-refractivity contribution in [1.29, 1.82) is 0 Å². The minimum atomic E-state index is 0.359. The van der Waals surface area contributed by atoms with Crippen LogP contribution in [0.25, 0.3) is 0 Å². The fraction of sp³-hybridized carbons (Fsp3) is 0.538. The highest BCUT2D eigenvalue weighted by atomic mass is 32.1. The molecular weight excluding hydrogens is 218 g/mol. The van der Waals surface area contributed by atoms with E-state index >= 15 is 0 Å². The van der Waals surface area contributed by atoms with E-state index in [9.17, 15) is 0 Å². The van der Waals surface area contributed by atoms with Crippen molar-refractivity contribution in [2.45, 2.75) is 19.9 Å². The molecule has 0 radical (unpaired) electrons. The Morgan fingerprint density at radius 3 is 2.50 bits per heavy atom. The summed E-state index contributed by atoms with van der Waals surface area (Å²) in [5, 5.41) is 0. The molecular formula is C13H21NOS. The van der Waals surface area contributed by atoms with Crippen LogP contribution in [0, 0.1) is 6.92 Å². The molecule has 90 valence electrons. The third-order valence-electron chi connectivity index (χ3n) is 2.68. The Balaban J connectivity index is 2.95. The fourth-order valence-electron chi connectivity index (χ4n) is 1.76. The number of benzene rings is 1. The van der Waals surface area contributed by atoms with Crippen LogP contribution in [0.15, 0.2) is 18.2 Å². The van der Waals surface area contributed by atoms with Gasteiger partial charge in [0.15, 0.2) is 0 Å². The first kappa shape index (κ1) is 13.4. The van der Waals surface area contributed by atoms with Crippen molar-refractivity contribution in [1.82, 2.24) is 4.90 Å². The molecule has 16 heavy (non-hydrogen) atoms. The maximum Gasteiger partial charge on any atom is 0.122 e. The molecule has 0 N–H and O–H groups in total. The van der Waals surface area contributed by atoms with E-state index in [4.69, 9.17) is 4.74 Å². The summed E-state index contributed by atoms with van der Waals surface area (Å²) in [7, 11) is 4.15. The first-order chi connectivity index (χ1) is 7.60. The molecule has 0 aromatic heterocycles. The van der Waals surface area contributed by atoms with Gasteiger partial charge in [0.1, 0.15) is 5.75 Å². The molecule has 0 fully saturated rings. The first-order valence-electron chi connectivity index (χ1n) is 5.60. The van der Waals surface area contributed by atoms with E-state index in [-0.39, 0.29) is 0 Å². The quantitative estimate of drug-likeness (QED) is 0.793. The molecule has 0 spiro atoms. The fourth-order valence-corrected chi connectivity index (χ4v) is 2.30. The molecule has 0 bridgehead atoms. The van der Waals surface area contributed by atoms with Crippen LogP contribution < -0.4 is 4.74 Å². The van der Waals surface area contributed by atoms with E-state index in [1.54, 1.807) is 0 Å². The molecule has 0 saturated carbocycles. The molecule has 1 unspecified atom stereocenters. The third kappa shape index (κ3) is 3.16. The van der Waals surface area contributed by atoms with Gasteiger partial charge in [-0.15, -0.1) is 0 Å². The SMILES string of the molecule is CCOc1ccc(C(CS)N(C)C)cc1C. The van der Waals surface area contributed by atoms with Gasteiger partial charge in [-0.2, -0.15) is 12.6 Å². The van der Waals surface area contributed by atoms with Gasteiger partial charge in [-0.1, -0.05) is 12.1 Å². The van der Waals surface area contributed by atoms with E-state index in [1.807, 2.05) is 13.0 Å². The Bertz CT molecular complexity index is 339. The molecule has 0 saturated heterocycles. The molecule has 1 aromatic rings. The van der Waals surface area contributed by atoms with Crippen LogP contribution in [0.4, 0.5) is 0 Å². The van der Waals surface area contributed by atoms with E-state index in [1.165, 1.54) is 11.1 Å². The summed E-state index contributed by atoms with van der Waals surface area (Å²) < 4.78 is 5.53. The van der Waals surface area contributed by atoms with Crippen molar-refractivity contribution in [3.63, 3.8) is 0 Å². The Labute approximate surface area is 104 Å². The zero-order valence-corrected chi connectivity index (χ0v) is 11.4. The summed E-state index contributed by atoms with van der Waals surface area (Å²) in [6, 6.07) is 6.72. The average Bonchev–Trinajstić information content (AvgIpc) is 2.22. The lowest BCUT2D eigenvalue weighted by Gasteiger charge is -2.23. The standard InChI is InChI=1S/C13H21NOS/c1-5-15-13-7-6-11(8-10(13)2)12(9-16)14(3)4/h6-8,12,16H,5,9H2,1-4H3. The van der Waals surface area contributed by atoms with E-state index in [0.717, 1.165) is 11.5 Å². The highest BCUT2D eigenvalue weighted by Crippen LogP contribution is 2.25. The summed E-state index contributed by atoms with van der Waals surface area (Å²) in [6.07, 6.45) is 0. The minimum absolute atomic E-state index is 0.359. The predicted octanol–water partition coefficient (Wildman–Crippen LogP) is 2.93. The smallest absolute Gasteiger partial charge is 0.122 e. The topological polar surface area (TPSA) is 12.5 Å². The van der Waals surface area contributed by atoms with Crippen LogP contribution in [0.2, 0.25) is 0 Å². The average molecular weight is 239 g/mol. The van der Waals surface area contributed by atoms with Crippen LogP contribution in [0.5, 0.6) is 5.75 Å². The molecule has 1 rings (SSSR count). The number of thiol groups is 1. The second-order valence-electron chi connectivity index (χ2n) is 4.12. The van der Waals surface area contributed by atoms with E-state index in [2.05, 4.69) is 50.7 Å². The molecule has 1 atom stereocenters. The summed E-state index contributed by atoms with van der Waals surface area (Å²) in [4.78, 5) is 2.18. The lowest BCUT2D eigenvalue weighted by molar-refractivity contribution is 0.323. The Kier molecular flexibility index (Phi) is 5.16. The van der Waals surface area contributed by atoms with Crippen molar-refractivity contribution in [3.05, 3.63) is 29.3 Å². The molecule has 0 aliphatic heterocycles. The molecule has 0 amide bonds. The van der Waals surface area contributed by atoms with Gasteiger partial charge in [0.2, 0.25) is 0 Å². The van der Waals surface area contributed by atoms with Crippen molar-refractivity contribution in [2.24, 2.45) is 0 Å². The Morgan fingerprint density at radius 2 is 2.06 bits per heavy atom. The lowest BCUT2D eigenvalue weighted by Crippen LogP contribution is -2.21. The predicted molar refractivity (Wildman–Crippen MR) is 72.6 cm³/mol. The first-order valence-corrected chi connectivity index (χ1v) is 6.24. The number of ether oxygens (including phenoxy) is 1. The van der Waals surface area contributed by atoms with Gasteiger partial charge in [0.05, 0.1) is 6.61 Å². The normalized spacial score (nSPS) is 12.9. The summed E-state index contributed by atoms with van der Waals surface area (Å²) >= 11 is 4.39. The van der Waals surface area contributed by atoms with Crippen LogP contribution in [-0.4, -0.2) is 31.4 Å². The Morgan fingerprint density at radius 1 is 1.38 bits per heavy atom. The molecule has 2 nitrogen and oxygen atoms in total. The Hall–Kier alpha value is -0.670. The van der Waals surface area contributed by atoms with Gasteiger partial charge in [0, 0.05) is 11.8 Å². The van der Waals surface area contributed by atoms with Crippen molar-refractivity contribution < 1.29 is 4.74 Å². The van der Waals surface area contributed by atoms with Gasteiger partial charge in [-0.25, -0.2) is 0 Å². The van der Waals surface area contributed by atoms with Crippen molar-refractivity contribution in [2.75, 3.05) is 26.5 Å². The number of rotatable bonds is 5. The zero-order chi connectivity index (χ0) is 12.1. The van der Waals surface area contributed by atoms with Gasteiger partial charge < -0.3 is 9.64 Å². The minimum Gasteiger partial charge on any atom is -0.494 e. The maximum absolute atomic E-state index is 5.53. The van der Waals surface area contributed by atoms with E-state index < -0.39 is 0 Å². The number of aryl methyl sites for hydroxylation is 1. The van der Waals surface area contributed by atoms with E-state index in [0.29, 0.717) is 12.6 Å². The van der Waals surface area contributed by atoms with Crippen LogP contribution in [0.3, 0.4) is 0 Å². The molecule has 1 aromatic carbocycles. The van der Waals surface area contributed by atoms with Crippen LogP contribution >= 0.6 is 12.6 Å². The summed E-state index contributed by atoms with van der Waals surface area (Å²) in [6.45, 7) is 4.80. The molecule has 0 heterocycles. The lowest BCUT2D eigenvalue weighted by atomic mass is 10.0. The largest absolute Gasteiger partial charge is 0.494 e. The van der Waals surface area contributed by atoms with Crippen LogP contribution in [0.1, 0.15) is 24.1 Å². The van der Waals surface area contributed by atoms with Gasteiger partial charge in [0.25, 0.3) is 0 Å². The van der Waals surface area contributed by atoms with Crippen LogP contribution in [-0.2, 0) is 0 Å². The number of hydrogen-bond donors (Lipinski definition) is 1. The van der Waals surface area contributed by atoms with Gasteiger partial charge in [-0.3, -0.25) is 0 Å². The number of hydrogen-bond acceptors (Lipinski definition) is 3. The molecule has 3 heteroatoms. The highest BCUT2D eigenvalue weighted by molar-refractivity contribution is 7.80. The monoisotopic (exact) mass is 239 g/mol. The third-order valence-corrected chi connectivity index (χ3v) is 3.03. The number of nitrogens with zero attached hydrogens (tertiary/aromatic N) is 1. The van der Waals surface area contributed by atoms with Gasteiger partial charge in [-0.05, 0) is 45.1 Å². The summed E-state index contributed by atoms with van der Waals surface area (Å²) in [5.74, 6) is 1.79. The molecule has 0 aliphatic rings. The van der Waals surface area contributed by atoms with Crippen molar-refractivity contribution >= 4 is 12.6 Å². The maximum atomic E-state index is 5.53. The second kappa shape index (κ2) is 6.16. The van der Waals surface area contributed by atoms with Crippen molar-refractivity contribution in [3.8, 4) is 5.75 Å².